The minimum atomic E-state index is -0.00567. The van der Waals surface area contributed by atoms with Crippen LogP contribution < -0.4 is 11.5 Å². The number of aromatic nitrogens is 1. The Kier molecular flexibility index (Phi) is 4.46. The van der Waals surface area contributed by atoms with Crippen LogP contribution in [0.5, 0.6) is 0 Å². The third-order valence-corrected chi connectivity index (χ3v) is 4.29. The number of benzene rings is 1. The number of rotatable bonds is 4. The average Bonchev–Trinajstić information content (AvgIpc) is 2.97. The van der Waals surface area contributed by atoms with Crippen LogP contribution in [-0.2, 0) is 13.0 Å². The highest BCUT2D eigenvalue weighted by Crippen LogP contribution is 2.34. The first-order valence-corrected chi connectivity index (χ1v) is 8.07. The molecule has 1 aromatic heterocycles. The van der Waals surface area contributed by atoms with Gasteiger partial charge in [0.1, 0.15) is 0 Å². The Bertz CT molecular complexity index is 723. The van der Waals surface area contributed by atoms with Gasteiger partial charge in [-0.1, -0.05) is 37.3 Å². The minimum absolute atomic E-state index is 0.00567. The molecule has 0 fully saturated rings. The fraction of sp³-hybridized carbons (Fsp3) is 0.333. The highest BCUT2D eigenvalue weighted by atomic mass is 15.3. The molecule has 0 saturated carbocycles. The molecule has 0 radical (unpaired) electrons. The SMILES string of the molecule is CCCn1ccc2c1CC(c1ccccc1)C/C2=N\N=C(N)N. The van der Waals surface area contributed by atoms with Crippen LogP contribution in [-0.4, -0.2) is 16.2 Å². The molecule has 3 rings (SSSR count). The van der Waals surface area contributed by atoms with Crippen LogP contribution in [0.4, 0.5) is 0 Å². The van der Waals surface area contributed by atoms with Gasteiger partial charge in [0, 0.05) is 24.0 Å². The number of hydrogen-bond acceptors (Lipinski definition) is 2. The van der Waals surface area contributed by atoms with E-state index in [9.17, 15) is 0 Å². The predicted molar refractivity (Wildman–Crippen MR) is 94.6 cm³/mol. The van der Waals surface area contributed by atoms with Crippen molar-refractivity contribution < 1.29 is 0 Å². The number of fused-ring (bicyclic) bond motifs is 1. The molecule has 0 saturated heterocycles. The van der Waals surface area contributed by atoms with Gasteiger partial charge in [-0.15, -0.1) is 5.10 Å². The van der Waals surface area contributed by atoms with Gasteiger partial charge in [-0.2, -0.15) is 5.10 Å². The monoisotopic (exact) mass is 309 g/mol. The fourth-order valence-electron chi connectivity index (χ4n) is 3.27. The molecule has 4 N–H and O–H groups in total. The summed E-state index contributed by atoms with van der Waals surface area (Å²) in [4.78, 5) is 0. The van der Waals surface area contributed by atoms with Crippen LogP contribution in [0.3, 0.4) is 0 Å². The zero-order valence-electron chi connectivity index (χ0n) is 13.4. The van der Waals surface area contributed by atoms with Crippen molar-refractivity contribution in [1.29, 1.82) is 0 Å². The summed E-state index contributed by atoms with van der Waals surface area (Å²) in [6, 6.07) is 12.7. The van der Waals surface area contributed by atoms with E-state index in [4.69, 9.17) is 11.5 Å². The molecular formula is C18H23N5. The molecular weight excluding hydrogens is 286 g/mol. The van der Waals surface area contributed by atoms with Crippen LogP contribution in [0.1, 0.15) is 42.5 Å². The lowest BCUT2D eigenvalue weighted by Gasteiger charge is -2.25. The van der Waals surface area contributed by atoms with E-state index in [2.05, 4.69) is 58.2 Å². The van der Waals surface area contributed by atoms with Gasteiger partial charge >= 0.3 is 0 Å². The van der Waals surface area contributed by atoms with Crippen molar-refractivity contribution in [2.75, 3.05) is 0 Å². The van der Waals surface area contributed by atoms with Crippen molar-refractivity contribution in [3.05, 3.63) is 59.4 Å². The molecule has 1 aliphatic rings. The van der Waals surface area contributed by atoms with Crippen LogP contribution in [0.15, 0.2) is 52.8 Å². The van der Waals surface area contributed by atoms with Gasteiger partial charge in [-0.05, 0) is 36.8 Å². The Morgan fingerprint density at radius 1 is 1.17 bits per heavy atom. The van der Waals surface area contributed by atoms with E-state index in [1.165, 1.54) is 16.8 Å². The third kappa shape index (κ3) is 3.28. The predicted octanol–water partition coefficient (Wildman–Crippen LogP) is 2.61. The summed E-state index contributed by atoms with van der Waals surface area (Å²) in [5.74, 6) is 0.399. The number of hydrogen-bond donors (Lipinski definition) is 2. The van der Waals surface area contributed by atoms with Crippen molar-refractivity contribution in [3.63, 3.8) is 0 Å². The molecule has 0 bridgehead atoms. The summed E-state index contributed by atoms with van der Waals surface area (Å²) >= 11 is 0. The lowest BCUT2D eigenvalue weighted by molar-refractivity contribution is 0.600. The molecule has 0 spiro atoms. The van der Waals surface area contributed by atoms with Gasteiger partial charge in [0.25, 0.3) is 0 Å². The maximum absolute atomic E-state index is 5.44. The summed E-state index contributed by atoms with van der Waals surface area (Å²) in [6.45, 7) is 3.21. The van der Waals surface area contributed by atoms with Gasteiger partial charge < -0.3 is 16.0 Å². The molecule has 1 aliphatic carbocycles. The Hall–Kier alpha value is -2.56. The van der Waals surface area contributed by atoms with Gasteiger partial charge in [-0.3, -0.25) is 0 Å². The van der Waals surface area contributed by atoms with Crippen molar-refractivity contribution >= 4 is 11.7 Å². The Morgan fingerprint density at radius 2 is 1.96 bits per heavy atom. The van der Waals surface area contributed by atoms with Crippen molar-refractivity contribution in [2.24, 2.45) is 21.7 Å². The molecule has 23 heavy (non-hydrogen) atoms. The smallest absolute Gasteiger partial charge is 0.211 e. The molecule has 5 heteroatoms. The number of aryl methyl sites for hydroxylation is 1. The number of nitrogens with two attached hydrogens (primary N) is 2. The lowest BCUT2D eigenvalue weighted by atomic mass is 9.82. The van der Waals surface area contributed by atoms with Gasteiger partial charge in [0.05, 0.1) is 5.71 Å². The molecule has 0 amide bonds. The van der Waals surface area contributed by atoms with Crippen LogP contribution in [0, 0.1) is 0 Å². The lowest BCUT2D eigenvalue weighted by Crippen LogP contribution is -2.23. The fourth-order valence-corrected chi connectivity index (χ4v) is 3.27. The first kappa shape index (κ1) is 15.3. The second kappa shape index (κ2) is 6.69. The van der Waals surface area contributed by atoms with Gasteiger partial charge in [0.2, 0.25) is 5.96 Å². The van der Waals surface area contributed by atoms with E-state index in [0.29, 0.717) is 5.92 Å². The molecule has 5 nitrogen and oxygen atoms in total. The van der Waals surface area contributed by atoms with E-state index in [1.807, 2.05) is 6.07 Å². The summed E-state index contributed by atoms with van der Waals surface area (Å²) in [5.41, 5.74) is 15.7. The number of guanidine groups is 1. The molecule has 2 aromatic rings. The molecule has 1 unspecified atom stereocenters. The summed E-state index contributed by atoms with van der Waals surface area (Å²) in [6.07, 6.45) is 5.13. The number of nitrogens with zero attached hydrogens (tertiary/aromatic N) is 3. The van der Waals surface area contributed by atoms with E-state index >= 15 is 0 Å². The minimum Gasteiger partial charge on any atom is -0.369 e. The quantitative estimate of drug-likeness (QED) is 0.517. The van der Waals surface area contributed by atoms with Crippen molar-refractivity contribution in [1.82, 2.24) is 4.57 Å². The zero-order valence-corrected chi connectivity index (χ0v) is 13.4. The maximum atomic E-state index is 5.44. The topological polar surface area (TPSA) is 81.7 Å². The van der Waals surface area contributed by atoms with E-state index in [1.54, 1.807) is 0 Å². The molecule has 0 aliphatic heterocycles. The zero-order chi connectivity index (χ0) is 16.2. The Balaban J connectivity index is 2.01. The van der Waals surface area contributed by atoms with Gasteiger partial charge in [0.15, 0.2) is 0 Å². The maximum Gasteiger partial charge on any atom is 0.211 e. The highest BCUT2D eigenvalue weighted by molar-refractivity contribution is 6.03. The van der Waals surface area contributed by atoms with E-state index in [0.717, 1.165) is 31.5 Å². The second-order valence-electron chi connectivity index (χ2n) is 5.96. The molecule has 120 valence electrons. The standard InChI is InChI=1S/C18H23N5/c1-2-9-23-10-8-15-16(21-22-18(19)20)11-14(12-17(15)23)13-6-4-3-5-7-13/h3-8,10,14H,2,9,11-12H2,1H3,(H4,19,20,22)/b21-16+. The first-order valence-electron chi connectivity index (χ1n) is 8.07. The van der Waals surface area contributed by atoms with Crippen LogP contribution >= 0.6 is 0 Å². The van der Waals surface area contributed by atoms with E-state index < -0.39 is 0 Å². The van der Waals surface area contributed by atoms with Crippen molar-refractivity contribution in [2.45, 2.75) is 38.6 Å². The normalized spacial score (nSPS) is 18.7. The Labute approximate surface area is 136 Å². The molecule has 1 aromatic carbocycles. The van der Waals surface area contributed by atoms with Crippen LogP contribution in [0.2, 0.25) is 0 Å². The largest absolute Gasteiger partial charge is 0.369 e. The van der Waals surface area contributed by atoms with E-state index in [-0.39, 0.29) is 5.96 Å². The summed E-state index contributed by atoms with van der Waals surface area (Å²) < 4.78 is 2.33. The average molecular weight is 309 g/mol. The molecule has 1 heterocycles. The van der Waals surface area contributed by atoms with Crippen molar-refractivity contribution in [3.8, 4) is 0 Å². The summed E-state index contributed by atoms with van der Waals surface area (Å²) in [7, 11) is 0. The molecule has 1 atom stereocenters. The second-order valence-corrected chi connectivity index (χ2v) is 5.96. The summed E-state index contributed by atoms with van der Waals surface area (Å²) in [5, 5.41) is 8.20. The first-order chi connectivity index (χ1) is 11.2. The van der Waals surface area contributed by atoms with Crippen LogP contribution in [0.25, 0.3) is 0 Å². The van der Waals surface area contributed by atoms with Gasteiger partial charge in [-0.25, -0.2) is 0 Å². The third-order valence-electron chi connectivity index (χ3n) is 4.29. The highest BCUT2D eigenvalue weighted by Gasteiger charge is 2.27. The Morgan fingerprint density at radius 3 is 2.65 bits per heavy atom.